The van der Waals surface area contributed by atoms with E-state index < -0.39 is 26.8 Å². The number of halogens is 1. The van der Waals surface area contributed by atoms with Crippen molar-refractivity contribution in [3.8, 4) is 0 Å². The average Bonchev–Trinajstić information content (AvgIpc) is 2.53. The Morgan fingerprint density at radius 1 is 1.18 bits per heavy atom. The highest BCUT2D eigenvalue weighted by molar-refractivity contribution is 7.98. The minimum absolute atomic E-state index is 0.227. The van der Waals surface area contributed by atoms with E-state index >= 15 is 0 Å². The Balaban J connectivity index is 2.06. The minimum atomic E-state index is -4.00. The van der Waals surface area contributed by atoms with E-state index in [1.165, 1.54) is 18.2 Å². The van der Waals surface area contributed by atoms with E-state index in [0.29, 0.717) is 5.56 Å². The summed E-state index contributed by atoms with van der Waals surface area (Å²) < 4.78 is 39.8. The first-order valence-corrected chi connectivity index (χ1v) is 9.21. The molecule has 2 N–H and O–H groups in total. The molecule has 0 heterocycles. The second kappa shape index (κ2) is 7.23. The van der Waals surface area contributed by atoms with E-state index in [0.717, 1.165) is 11.0 Å². The monoisotopic (exact) mass is 341 g/mol. The molecular weight excluding hydrogens is 325 g/mol. The SMILES string of the molecule is CSc1ccc([C@@H](O)CNS(=O)(=O)c2ccccc2F)cc1. The Hall–Kier alpha value is -1.41. The highest BCUT2D eigenvalue weighted by Gasteiger charge is 2.20. The maximum atomic E-state index is 13.5. The molecule has 0 aliphatic carbocycles. The van der Waals surface area contributed by atoms with Crippen LogP contribution in [-0.4, -0.2) is 26.3 Å². The van der Waals surface area contributed by atoms with Crippen molar-refractivity contribution in [1.29, 1.82) is 0 Å². The van der Waals surface area contributed by atoms with Crippen molar-refractivity contribution in [2.45, 2.75) is 15.9 Å². The van der Waals surface area contributed by atoms with Crippen LogP contribution in [0.1, 0.15) is 11.7 Å². The van der Waals surface area contributed by atoms with Crippen LogP contribution in [0.4, 0.5) is 4.39 Å². The van der Waals surface area contributed by atoms with Gasteiger partial charge in [-0.1, -0.05) is 24.3 Å². The number of benzene rings is 2. The van der Waals surface area contributed by atoms with Gasteiger partial charge in [-0.05, 0) is 36.1 Å². The molecule has 2 aromatic rings. The van der Waals surface area contributed by atoms with Crippen molar-refractivity contribution >= 4 is 21.8 Å². The molecule has 0 aliphatic rings. The molecule has 0 saturated carbocycles. The molecule has 0 aliphatic heterocycles. The van der Waals surface area contributed by atoms with Crippen LogP contribution in [0.25, 0.3) is 0 Å². The molecule has 1 atom stereocenters. The molecule has 2 aromatic carbocycles. The first-order chi connectivity index (χ1) is 10.4. The lowest BCUT2D eigenvalue weighted by atomic mass is 10.1. The molecule has 0 bridgehead atoms. The van der Waals surface area contributed by atoms with Gasteiger partial charge in [-0.25, -0.2) is 17.5 Å². The van der Waals surface area contributed by atoms with Crippen LogP contribution in [-0.2, 0) is 10.0 Å². The fourth-order valence-corrected chi connectivity index (χ4v) is 3.40. The van der Waals surface area contributed by atoms with Crippen molar-refractivity contribution < 1.29 is 17.9 Å². The fourth-order valence-electron chi connectivity index (χ4n) is 1.87. The molecule has 4 nitrogen and oxygen atoms in total. The fraction of sp³-hybridized carbons (Fsp3) is 0.200. The van der Waals surface area contributed by atoms with Gasteiger partial charge in [0.25, 0.3) is 0 Å². The van der Waals surface area contributed by atoms with Crippen LogP contribution in [0, 0.1) is 5.82 Å². The molecule has 0 amide bonds. The number of aliphatic hydroxyl groups excluding tert-OH is 1. The van der Waals surface area contributed by atoms with Crippen molar-refractivity contribution in [1.82, 2.24) is 4.72 Å². The van der Waals surface area contributed by atoms with Gasteiger partial charge in [0.2, 0.25) is 10.0 Å². The summed E-state index contributed by atoms with van der Waals surface area (Å²) in [5.74, 6) is -0.825. The van der Waals surface area contributed by atoms with Gasteiger partial charge in [0, 0.05) is 11.4 Å². The zero-order valence-electron chi connectivity index (χ0n) is 11.9. The number of sulfonamides is 1. The molecule has 2 rings (SSSR count). The lowest BCUT2D eigenvalue weighted by molar-refractivity contribution is 0.182. The molecule has 0 unspecified atom stereocenters. The Bertz CT molecular complexity index is 733. The van der Waals surface area contributed by atoms with Gasteiger partial charge in [0.15, 0.2) is 0 Å². The second-order valence-electron chi connectivity index (χ2n) is 4.57. The Morgan fingerprint density at radius 3 is 2.41 bits per heavy atom. The van der Waals surface area contributed by atoms with Crippen molar-refractivity contribution in [3.63, 3.8) is 0 Å². The third-order valence-corrected chi connectivity index (χ3v) is 5.29. The predicted octanol–water partition coefficient (Wildman–Crippen LogP) is 2.56. The first-order valence-electron chi connectivity index (χ1n) is 6.50. The third kappa shape index (κ3) is 4.07. The van der Waals surface area contributed by atoms with Gasteiger partial charge in [0.05, 0.1) is 6.10 Å². The van der Waals surface area contributed by atoms with E-state index in [1.54, 1.807) is 23.9 Å². The molecule has 0 saturated heterocycles. The van der Waals surface area contributed by atoms with Crippen LogP contribution < -0.4 is 4.72 Å². The van der Waals surface area contributed by atoms with Crippen LogP contribution >= 0.6 is 11.8 Å². The number of thioether (sulfide) groups is 1. The van der Waals surface area contributed by atoms with Gasteiger partial charge < -0.3 is 5.11 Å². The van der Waals surface area contributed by atoms with Crippen LogP contribution in [0.15, 0.2) is 58.3 Å². The molecule has 0 aromatic heterocycles. The predicted molar refractivity (Wildman–Crippen MR) is 84.8 cm³/mol. The summed E-state index contributed by atoms with van der Waals surface area (Å²) >= 11 is 1.57. The van der Waals surface area contributed by atoms with Crippen molar-refractivity contribution in [2.75, 3.05) is 12.8 Å². The first kappa shape index (κ1) is 17.0. The summed E-state index contributed by atoms with van der Waals surface area (Å²) in [5, 5.41) is 10.0. The molecule has 7 heteroatoms. The van der Waals surface area contributed by atoms with Gasteiger partial charge in [-0.3, -0.25) is 0 Å². The minimum Gasteiger partial charge on any atom is -0.387 e. The summed E-state index contributed by atoms with van der Waals surface area (Å²) in [7, 11) is -4.00. The number of nitrogens with one attached hydrogen (secondary N) is 1. The number of aliphatic hydroxyl groups is 1. The Morgan fingerprint density at radius 2 is 1.82 bits per heavy atom. The van der Waals surface area contributed by atoms with Gasteiger partial charge in [-0.2, -0.15) is 0 Å². The van der Waals surface area contributed by atoms with Gasteiger partial charge >= 0.3 is 0 Å². The van der Waals surface area contributed by atoms with Crippen LogP contribution in [0.2, 0.25) is 0 Å². The van der Waals surface area contributed by atoms with E-state index in [2.05, 4.69) is 4.72 Å². The van der Waals surface area contributed by atoms with Crippen molar-refractivity contribution in [2.24, 2.45) is 0 Å². The van der Waals surface area contributed by atoms with Crippen LogP contribution in [0.3, 0.4) is 0 Å². The summed E-state index contributed by atoms with van der Waals surface area (Å²) in [6.07, 6.45) is 0.936. The van der Waals surface area contributed by atoms with E-state index in [9.17, 15) is 17.9 Å². The zero-order chi connectivity index (χ0) is 16.2. The van der Waals surface area contributed by atoms with E-state index in [1.807, 2.05) is 18.4 Å². The summed E-state index contributed by atoms with van der Waals surface area (Å²) in [4.78, 5) is 0.614. The highest BCUT2D eigenvalue weighted by Crippen LogP contribution is 2.19. The van der Waals surface area contributed by atoms with Crippen molar-refractivity contribution in [3.05, 3.63) is 59.9 Å². The quantitative estimate of drug-likeness (QED) is 0.793. The second-order valence-corrected chi connectivity index (χ2v) is 7.19. The number of hydrogen-bond acceptors (Lipinski definition) is 4. The van der Waals surface area contributed by atoms with E-state index in [-0.39, 0.29) is 6.54 Å². The highest BCUT2D eigenvalue weighted by atomic mass is 32.2. The molecular formula is C15H16FNO3S2. The van der Waals surface area contributed by atoms with Gasteiger partial charge in [-0.15, -0.1) is 11.8 Å². The number of rotatable bonds is 6. The lowest BCUT2D eigenvalue weighted by Gasteiger charge is -2.13. The Kier molecular flexibility index (Phi) is 5.57. The maximum absolute atomic E-state index is 13.5. The van der Waals surface area contributed by atoms with Gasteiger partial charge in [0.1, 0.15) is 10.7 Å². The summed E-state index contributed by atoms with van der Waals surface area (Å²) in [5.41, 5.74) is 0.592. The smallest absolute Gasteiger partial charge is 0.243 e. The third-order valence-electron chi connectivity index (χ3n) is 3.09. The molecule has 118 valence electrons. The standard InChI is InChI=1S/C15H16FNO3S2/c1-21-12-8-6-11(7-9-12)14(18)10-17-22(19,20)15-5-3-2-4-13(15)16/h2-9,14,17-18H,10H2,1H3/t14-/m0/s1. The molecule has 0 radical (unpaired) electrons. The molecule has 22 heavy (non-hydrogen) atoms. The summed E-state index contributed by atoms with van der Waals surface area (Å²) in [6, 6.07) is 12.3. The average molecular weight is 341 g/mol. The largest absolute Gasteiger partial charge is 0.387 e. The maximum Gasteiger partial charge on any atom is 0.243 e. The normalized spacial score (nSPS) is 13.0. The van der Waals surface area contributed by atoms with E-state index in [4.69, 9.17) is 0 Å². The summed E-state index contributed by atoms with van der Waals surface area (Å²) in [6.45, 7) is -0.227. The molecule has 0 fully saturated rings. The Labute approximate surface area is 133 Å². The number of hydrogen-bond donors (Lipinski definition) is 2. The van der Waals surface area contributed by atoms with Crippen LogP contribution in [0.5, 0.6) is 0 Å². The zero-order valence-corrected chi connectivity index (χ0v) is 13.5. The lowest BCUT2D eigenvalue weighted by Crippen LogP contribution is -2.29. The topological polar surface area (TPSA) is 66.4 Å². The molecule has 0 spiro atoms.